The van der Waals surface area contributed by atoms with Crippen molar-refractivity contribution in [2.75, 3.05) is 13.2 Å². The number of hydrogen-bond acceptors (Lipinski definition) is 4. The molecule has 2 rings (SSSR count). The maximum atomic E-state index is 11.9. The van der Waals surface area contributed by atoms with E-state index in [1.807, 2.05) is 0 Å². The van der Waals surface area contributed by atoms with Crippen LogP contribution in [0.1, 0.15) is 32.1 Å². The van der Waals surface area contributed by atoms with Gasteiger partial charge in [-0.05, 0) is 37.1 Å². The highest BCUT2D eigenvalue weighted by Gasteiger charge is 2.16. The summed E-state index contributed by atoms with van der Waals surface area (Å²) < 4.78 is 35.2. The summed E-state index contributed by atoms with van der Waals surface area (Å²) >= 11 is 3.26. The van der Waals surface area contributed by atoms with E-state index in [-0.39, 0.29) is 17.6 Å². The molecule has 0 aromatic heterocycles. The van der Waals surface area contributed by atoms with Crippen LogP contribution in [-0.4, -0.2) is 27.7 Å². The first kappa shape index (κ1) is 15.9. The van der Waals surface area contributed by atoms with Crippen molar-refractivity contribution in [3.63, 3.8) is 0 Å². The third-order valence-electron chi connectivity index (χ3n) is 3.33. The van der Waals surface area contributed by atoms with Crippen molar-refractivity contribution in [3.05, 3.63) is 28.7 Å². The zero-order chi connectivity index (χ0) is 14.4. The van der Waals surface area contributed by atoms with Gasteiger partial charge in [0.15, 0.2) is 0 Å². The van der Waals surface area contributed by atoms with Crippen LogP contribution in [0.25, 0.3) is 0 Å². The third kappa shape index (κ3) is 4.84. The van der Waals surface area contributed by atoms with Crippen molar-refractivity contribution in [1.82, 2.24) is 0 Å². The molecule has 0 saturated heterocycles. The van der Waals surface area contributed by atoms with Crippen LogP contribution >= 0.6 is 15.9 Å². The van der Waals surface area contributed by atoms with Gasteiger partial charge in [0.05, 0.1) is 24.2 Å². The third-order valence-corrected chi connectivity index (χ3v) is 5.19. The molecule has 0 amide bonds. The Hall–Kier alpha value is -0.430. The Morgan fingerprint density at radius 3 is 2.35 bits per heavy atom. The van der Waals surface area contributed by atoms with Crippen LogP contribution in [0.2, 0.25) is 0 Å². The normalized spacial score (nSPS) is 17.2. The Morgan fingerprint density at radius 2 is 1.70 bits per heavy atom. The van der Waals surface area contributed by atoms with E-state index in [0.717, 1.165) is 17.3 Å². The van der Waals surface area contributed by atoms with Crippen molar-refractivity contribution in [2.45, 2.75) is 43.1 Å². The quantitative estimate of drug-likeness (QED) is 0.573. The van der Waals surface area contributed by atoms with Crippen LogP contribution in [-0.2, 0) is 19.0 Å². The Labute approximate surface area is 128 Å². The van der Waals surface area contributed by atoms with E-state index in [0.29, 0.717) is 6.61 Å². The minimum absolute atomic E-state index is 0.0644. The molecule has 1 aromatic rings. The molecule has 0 atom stereocenters. The number of halogens is 1. The molecule has 112 valence electrons. The van der Waals surface area contributed by atoms with Gasteiger partial charge < -0.3 is 4.74 Å². The zero-order valence-electron chi connectivity index (χ0n) is 11.3. The van der Waals surface area contributed by atoms with E-state index in [2.05, 4.69) is 15.9 Å². The van der Waals surface area contributed by atoms with Crippen molar-refractivity contribution >= 4 is 26.0 Å². The van der Waals surface area contributed by atoms with Crippen LogP contribution < -0.4 is 0 Å². The van der Waals surface area contributed by atoms with Crippen LogP contribution in [0.3, 0.4) is 0 Å². The molecule has 4 nitrogen and oxygen atoms in total. The molecule has 0 aliphatic heterocycles. The summed E-state index contributed by atoms with van der Waals surface area (Å²) in [6, 6.07) is 6.38. The molecule has 0 radical (unpaired) electrons. The van der Waals surface area contributed by atoms with Crippen molar-refractivity contribution in [3.8, 4) is 0 Å². The molecular weight excluding hydrogens is 344 g/mol. The number of hydrogen-bond donors (Lipinski definition) is 0. The molecule has 20 heavy (non-hydrogen) atoms. The van der Waals surface area contributed by atoms with Crippen LogP contribution in [0.5, 0.6) is 0 Å². The monoisotopic (exact) mass is 362 g/mol. The lowest BCUT2D eigenvalue weighted by Crippen LogP contribution is -2.20. The SMILES string of the molecule is O=S(=O)(OCCOC1CCCCC1)c1ccc(Br)cc1. The lowest BCUT2D eigenvalue weighted by molar-refractivity contribution is 0.0138. The Bertz CT molecular complexity index is 506. The van der Waals surface area contributed by atoms with E-state index < -0.39 is 10.1 Å². The van der Waals surface area contributed by atoms with Crippen molar-refractivity contribution in [2.24, 2.45) is 0 Å². The van der Waals surface area contributed by atoms with Gasteiger partial charge in [-0.25, -0.2) is 0 Å². The predicted octanol–water partition coefficient (Wildman–Crippen LogP) is 3.50. The first-order valence-electron chi connectivity index (χ1n) is 6.84. The fraction of sp³-hybridized carbons (Fsp3) is 0.571. The Morgan fingerprint density at radius 1 is 1.05 bits per heavy atom. The summed E-state index contributed by atoms with van der Waals surface area (Å²) in [4.78, 5) is 0.165. The highest BCUT2D eigenvalue weighted by Crippen LogP contribution is 2.20. The number of ether oxygens (including phenoxy) is 1. The lowest BCUT2D eigenvalue weighted by Gasteiger charge is -2.21. The summed E-state index contributed by atoms with van der Waals surface area (Å²) in [6.45, 7) is 0.384. The van der Waals surface area contributed by atoms with E-state index in [4.69, 9.17) is 8.92 Å². The summed E-state index contributed by atoms with van der Waals surface area (Å²) in [5.41, 5.74) is 0. The molecule has 1 aromatic carbocycles. The summed E-state index contributed by atoms with van der Waals surface area (Å²) in [5, 5.41) is 0. The molecular formula is C14H19BrO4S. The topological polar surface area (TPSA) is 52.6 Å². The van der Waals surface area contributed by atoms with Crippen LogP contribution in [0, 0.1) is 0 Å². The highest BCUT2D eigenvalue weighted by atomic mass is 79.9. The summed E-state index contributed by atoms with van der Waals surface area (Å²) in [5.74, 6) is 0. The molecule has 1 saturated carbocycles. The average Bonchev–Trinajstić information content (AvgIpc) is 2.45. The van der Waals surface area contributed by atoms with Gasteiger partial charge in [-0.15, -0.1) is 0 Å². The predicted molar refractivity (Wildman–Crippen MR) is 80.1 cm³/mol. The van der Waals surface area contributed by atoms with Gasteiger partial charge >= 0.3 is 0 Å². The molecule has 1 aliphatic rings. The van der Waals surface area contributed by atoms with E-state index in [1.165, 1.54) is 31.4 Å². The van der Waals surface area contributed by atoms with E-state index in [1.54, 1.807) is 12.1 Å². The molecule has 0 heterocycles. The van der Waals surface area contributed by atoms with Crippen molar-refractivity contribution < 1.29 is 17.3 Å². The summed E-state index contributed by atoms with van der Waals surface area (Å²) in [7, 11) is -3.68. The maximum absolute atomic E-state index is 11.9. The Balaban J connectivity index is 1.76. The second-order valence-electron chi connectivity index (χ2n) is 4.86. The lowest BCUT2D eigenvalue weighted by atomic mass is 9.98. The molecule has 0 unspecified atom stereocenters. The largest absolute Gasteiger partial charge is 0.376 e. The fourth-order valence-corrected chi connectivity index (χ4v) is 3.42. The highest BCUT2D eigenvalue weighted by molar-refractivity contribution is 9.10. The van der Waals surface area contributed by atoms with Gasteiger partial charge in [0.1, 0.15) is 0 Å². The maximum Gasteiger partial charge on any atom is 0.297 e. The minimum Gasteiger partial charge on any atom is -0.376 e. The van der Waals surface area contributed by atoms with Gasteiger partial charge in [-0.2, -0.15) is 8.42 Å². The summed E-state index contributed by atoms with van der Waals surface area (Å²) in [6.07, 6.45) is 6.07. The van der Waals surface area contributed by atoms with Gasteiger partial charge in [0.2, 0.25) is 0 Å². The average molecular weight is 363 g/mol. The molecule has 6 heteroatoms. The second kappa shape index (κ2) is 7.54. The van der Waals surface area contributed by atoms with Crippen molar-refractivity contribution in [1.29, 1.82) is 0 Å². The molecule has 0 bridgehead atoms. The van der Waals surface area contributed by atoms with Crippen LogP contribution in [0.15, 0.2) is 33.6 Å². The number of benzene rings is 1. The molecule has 0 N–H and O–H groups in total. The zero-order valence-corrected chi connectivity index (χ0v) is 13.7. The van der Waals surface area contributed by atoms with Gasteiger partial charge in [0, 0.05) is 4.47 Å². The van der Waals surface area contributed by atoms with E-state index in [9.17, 15) is 8.42 Å². The first-order valence-corrected chi connectivity index (χ1v) is 9.05. The van der Waals surface area contributed by atoms with Gasteiger partial charge in [0.25, 0.3) is 10.1 Å². The van der Waals surface area contributed by atoms with Gasteiger partial charge in [-0.1, -0.05) is 35.2 Å². The second-order valence-corrected chi connectivity index (χ2v) is 7.39. The molecule has 0 spiro atoms. The Kier molecular flexibility index (Phi) is 6.01. The molecule has 1 aliphatic carbocycles. The van der Waals surface area contributed by atoms with E-state index >= 15 is 0 Å². The standard InChI is InChI=1S/C14H19BrO4S/c15-12-6-8-14(9-7-12)20(16,17)19-11-10-18-13-4-2-1-3-5-13/h6-9,13H,1-5,10-11H2. The van der Waals surface area contributed by atoms with Crippen LogP contribution in [0.4, 0.5) is 0 Å². The smallest absolute Gasteiger partial charge is 0.297 e. The number of rotatable bonds is 6. The first-order chi connectivity index (χ1) is 9.58. The van der Waals surface area contributed by atoms with Gasteiger partial charge in [-0.3, -0.25) is 4.18 Å². The molecule has 1 fully saturated rings. The minimum atomic E-state index is -3.68. The fourth-order valence-electron chi connectivity index (χ4n) is 2.26.